The maximum absolute atomic E-state index is 13.4. The molecule has 0 aliphatic heterocycles. The zero-order valence-electron chi connectivity index (χ0n) is 18.1. The molecule has 31 heavy (non-hydrogen) atoms. The molecule has 0 fully saturated rings. The van der Waals surface area contributed by atoms with Crippen LogP contribution in [0.15, 0.2) is 53.0 Å². The van der Waals surface area contributed by atoms with Gasteiger partial charge in [0.2, 0.25) is 21.8 Å². The van der Waals surface area contributed by atoms with Crippen molar-refractivity contribution in [1.82, 2.24) is 10.2 Å². The van der Waals surface area contributed by atoms with Crippen LogP contribution in [-0.2, 0) is 26.2 Å². The first-order chi connectivity index (χ1) is 14.6. The largest absolute Gasteiger partial charge is 0.357 e. The fourth-order valence-electron chi connectivity index (χ4n) is 3.31. The molecule has 9 heteroatoms. The quantitative estimate of drug-likeness (QED) is 0.562. The van der Waals surface area contributed by atoms with Gasteiger partial charge in [-0.15, -0.1) is 0 Å². The Hall–Kier alpha value is -2.39. The van der Waals surface area contributed by atoms with E-state index < -0.39 is 28.5 Å². The van der Waals surface area contributed by atoms with Gasteiger partial charge in [-0.2, -0.15) is 0 Å². The number of rotatable bonds is 9. The van der Waals surface area contributed by atoms with Crippen molar-refractivity contribution in [2.24, 2.45) is 0 Å². The normalized spacial score (nSPS) is 12.2. The lowest BCUT2D eigenvalue weighted by Crippen LogP contribution is -2.51. The van der Waals surface area contributed by atoms with E-state index in [-0.39, 0.29) is 12.5 Å². The number of hydrogen-bond acceptors (Lipinski definition) is 4. The van der Waals surface area contributed by atoms with Crippen molar-refractivity contribution in [3.63, 3.8) is 0 Å². The smallest absolute Gasteiger partial charge is 0.244 e. The van der Waals surface area contributed by atoms with Crippen molar-refractivity contribution >= 4 is 43.5 Å². The lowest BCUT2D eigenvalue weighted by atomic mass is 10.1. The maximum Gasteiger partial charge on any atom is 0.244 e. The molecule has 2 rings (SSSR count). The average molecular weight is 510 g/mol. The number of nitrogens with one attached hydrogen (secondary N) is 1. The summed E-state index contributed by atoms with van der Waals surface area (Å²) in [6.07, 6.45) is 1.46. The second-order valence-electron chi connectivity index (χ2n) is 7.30. The van der Waals surface area contributed by atoms with Crippen LogP contribution >= 0.6 is 15.9 Å². The van der Waals surface area contributed by atoms with Gasteiger partial charge >= 0.3 is 0 Å². The summed E-state index contributed by atoms with van der Waals surface area (Å²) in [7, 11) is -2.21. The molecule has 168 valence electrons. The zero-order chi connectivity index (χ0) is 23.2. The first-order valence-electron chi connectivity index (χ1n) is 9.86. The Kier molecular flexibility index (Phi) is 8.64. The Morgan fingerprint density at radius 2 is 1.77 bits per heavy atom. The van der Waals surface area contributed by atoms with Crippen LogP contribution in [-0.4, -0.2) is 51.0 Å². The Labute approximate surface area is 192 Å². The molecular formula is C22H28BrN3O4S. The Morgan fingerprint density at radius 1 is 1.13 bits per heavy atom. The SMILES string of the molecule is CC[C@@H](C(=O)NC)N(Cc1cccc(C)c1)C(=O)CN(c1ccc(Br)cc1)S(C)(=O)=O. The van der Waals surface area contributed by atoms with Crippen molar-refractivity contribution in [1.29, 1.82) is 0 Å². The fraction of sp³-hybridized carbons (Fsp3) is 0.364. The molecule has 0 saturated carbocycles. The van der Waals surface area contributed by atoms with E-state index >= 15 is 0 Å². The second kappa shape index (κ2) is 10.8. The molecule has 0 unspecified atom stereocenters. The third-order valence-corrected chi connectivity index (χ3v) is 6.53. The summed E-state index contributed by atoms with van der Waals surface area (Å²) in [6.45, 7) is 3.56. The average Bonchev–Trinajstić information content (AvgIpc) is 2.71. The standard InChI is InChI=1S/C22H28BrN3O4S/c1-5-20(22(28)24-3)25(14-17-8-6-7-16(2)13-17)21(27)15-26(31(4,29)30)19-11-9-18(23)10-12-19/h6-13,20H,5,14-15H2,1-4H3,(H,24,28)/t20-/m0/s1. The number of carbonyl (C=O) groups excluding carboxylic acids is 2. The zero-order valence-corrected chi connectivity index (χ0v) is 20.5. The molecule has 0 aliphatic rings. The van der Waals surface area contributed by atoms with Gasteiger partial charge in [0.05, 0.1) is 11.9 Å². The van der Waals surface area contributed by atoms with Crippen molar-refractivity contribution in [3.8, 4) is 0 Å². The van der Waals surface area contributed by atoms with Crippen molar-refractivity contribution in [2.75, 3.05) is 24.2 Å². The molecule has 0 aromatic heterocycles. The molecule has 2 amide bonds. The molecule has 0 aliphatic carbocycles. The van der Waals surface area contributed by atoms with E-state index in [1.165, 1.54) is 11.9 Å². The summed E-state index contributed by atoms with van der Waals surface area (Å²) in [5, 5.41) is 2.60. The van der Waals surface area contributed by atoms with Gasteiger partial charge in [0.1, 0.15) is 12.6 Å². The topological polar surface area (TPSA) is 86.8 Å². The number of anilines is 1. The lowest BCUT2D eigenvalue weighted by Gasteiger charge is -2.32. The summed E-state index contributed by atoms with van der Waals surface area (Å²) in [5.41, 5.74) is 2.28. The molecule has 0 saturated heterocycles. The van der Waals surface area contributed by atoms with Crippen molar-refractivity contribution in [2.45, 2.75) is 32.9 Å². The fourth-order valence-corrected chi connectivity index (χ4v) is 4.43. The minimum atomic E-state index is -3.73. The highest BCUT2D eigenvalue weighted by molar-refractivity contribution is 9.10. The van der Waals surface area contributed by atoms with Gasteiger partial charge in [-0.1, -0.05) is 52.7 Å². The van der Waals surface area contributed by atoms with E-state index in [1.807, 2.05) is 38.1 Å². The highest BCUT2D eigenvalue weighted by atomic mass is 79.9. The molecule has 2 aromatic carbocycles. The predicted molar refractivity (Wildman–Crippen MR) is 126 cm³/mol. The van der Waals surface area contributed by atoms with Crippen LogP contribution < -0.4 is 9.62 Å². The van der Waals surface area contributed by atoms with Crippen LogP contribution in [0.5, 0.6) is 0 Å². The van der Waals surface area contributed by atoms with Gasteiger partial charge < -0.3 is 10.2 Å². The van der Waals surface area contributed by atoms with Crippen LogP contribution in [0.2, 0.25) is 0 Å². The molecular weight excluding hydrogens is 482 g/mol. The first-order valence-corrected chi connectivity index (χ1v) is 12.5. The third-order valence-electron chi connectivity index (χ3n) is 4.86. The summed E-state index contributed by atoms with van der Waals surface area (Å²) in [4.78, 5) is 27.3. The van der Waals surface area contributed by atoms with Crippen LogP contribution in [0.25, 0.3) is 0 Å². The second-order valence-corrected chi connectivity index (χ2v) is 10.1. The number of hydrogen-bond donors (Lipinski definition) is 1. The highest BCUT2D eigenvalue weighted by Gasteiger charge is 2.31. The lowest BCUT2D eigenvalue weighted by molar-refractivity contribution is -0.140. The van der Waals surface area contributed by atoms with E-state index in [2.05, 4.69) is 21.2 Å². The van der Waals surface area contributed by atoms with E-state index in [9.17, 15) is 18.0 Å². The van der Waals surface area contributed by atoms with Crippen LogP contribution in [0.1, 0.15) is 24.5 Å². The monoisotopic (exact) mass is 509 g/mol. The van der Waals surface area contributed by atoms with Gasteiger partial charge in [-0.3, -0.25) is 13.9 Å². The summed E-state index contributed by atoms with van der Waals surface area (Å²) >= 11 is 3.33. The molecule has 1 N–H and O–H groups in total. The molecule has 0 bridgehead atoms. The van der Waals surface area contributed by atoms with Gasteiger partial charge in [0.15, 0.2) is 0 Å². The van der Waals surface area contributed by atoms with E-state index in [0.717, 1.165) is 26.2 Å². The molecule has 2 aromatic rings. The van der Waals surface area contributed by atoms with E-state index in [0.29, 0.717) is 12.1 Å². The number of sulfonamides is 1. The Bertz CT molecular complexity index is 1030. The number of aryl methyl sites for hydroxylation is 1. The predicted octanol–water partition coefficient (Wildman–Crippen LogP) is 3.08. The summed E-state index contributed by atoms with van der Waals surface area (Å²) < 4.78 is 26.8. The van der Waals surface area contributed by atoms with Gasteiger partial charge in [0.25, 0.3) is 0 Å². The Balaban J connectivity index is 2.41. The van der Waals surface area contributed by atoms with Gasteiger partial charge in [-0.25, -0.2) is 8.42 Å². The van der Waals surface area contributed by atoms with Crippen molar-refractivity contribution < 1.29 is 18.0 Å². The van der Waals surface area contributed by atoms with E-state index in [1.54, 1.807) is 24.3 Å². The number of nitrogens with zero attached hydrogens (tertiary/aromatic N) is 2. The molecule has 0 heterocycles. The number of likely N-dealkylation sites (N-methyl/N-ethyl adjacent to an activating group) is 1. The third kappa shape index (κ3) is 6.80. The number of amides is 2. The molecule has 7 nitrogen and oxygen atoms in total. The molecule has 0 radical (unpaired) electrons. The number of carbonyl (C=O) groups is 2. The minimum absolute atomic E-state index is 0.199. The maximum atomic E-state index is 13.4. The molecule has 0 spiro atoms. The number of halogens is 1. The van der Waals surface area contributed by atoms with E-state index in [4.69, 9.17) is 0 Å². The van der Waals surface area contributed by atoms with Crippen LogP contribution in [0, 0.1) is 6.92 Å². The minimum Gasteiger partial charge on any atom is -0.357 e. The summed E-state index contributed by atoms with van der Waals surface area (Å²) in [5.74, 6) is -0.747. The Morgan fingerprint density at radius 3 is 2.29 bits per heavy atom. The van der Waals surface area contributed by atoms with Gasteiger partial charge in [0, 0.05) is 18.1 Å². The van der Waals surface area contributed by atoms with Crippen LogP contribution in [0.4, 0.5) is 5.69 Å². The highest BCUT2D eigenvalue weighted by Crippen LogP contribution is 2.22. The number of benzene rings is 2. The first kappa shape index (κ1) is 24.9. The van der Waals surface area contributed by atoms with Crippen LogP contribution in [0.3, 0.4) is 0 Å². The van der Waals surface area contributed by atoms with Crippen molar-refractivity contribution in [3.05, 3.63) is 64.1 Å². The molecule has 1 atom stereocenters. The van der Waals surface area contributed by atoms with Gasteiger partial charge in [-0.05, 0) is 43.2 Å². The summed E-state index contributed by atoms with van der Waals surface area (Å²) in [6, 6.07) is 13.6.